The zero-order chi connectivity index (χ0) is 14.4. The second-order valence-corrected chi connectivity index (χ2v) is 5.06. The summed E-state index contributed by atoms with van der Waals surface area (Å²) in [7, 11) is 0. The molecule has 0 radical (unpaired) electrons. The third kappa shape index (κ3) is 1.84. The summed E-state index contributed by atoms with van der Waals surface area (Å²) in [5.41, 5.74) is 2.92. The SMILES string of the molecule is Cc1ccc2oc3nn(-c4ccccc4)c(=O)c-3cc2c1. The Labute approximate surface area is 120 Å². The molecule has 2 aromatic rings. The van der Waals surface area contributed by atoms with Crippen molar-refractivity contribution in [1.29, 1.82) is 0 Å². The summed E-state index contributed by atoms with van der Waals surface area (Å²) in [6.07, 6.45) is 0. The van der Waals surface area contributed by atoms with Crippen LogP contribution in [-0.2, 0) is 0 Å². The highest BCUT2D eigenvalue weighted by Crippen LogP contribution is 2.25. The van der Waals surface area contributed by atoms with Gasteiger partial charge in [0.2, 0.25) is 5.89 Å². The molecule has 0 bridgehead atoms. The van der Waals surface area contributed by atoms with Crippen molar-refractivity contribution < 1.29 is 4.42 Å². The number of aromatic nitrogens is 2. The van der Waals surface area contributed by atoms with Crippen LogP contribution < -0.4 is 5.56 Å². The van der Waals surface area contributed by atoms with Crippen molar-refractivity contribution in [3.8, 4) is 17.1 Å². The van der Waals surface area contributed by atoms with Crippen LogP contribution >= 0.6 is 0 Å². The molecule has 0 unspecified atom stereocenters. The molecule has 0 amide bonds. The molecule has 0 aromatic heterocycles. The van der Waals surface area contributed by atoms with Gasteiger partial charge in [0, 0.05) is 5.39 Å². The van der Waals surface area contributed by atoms with Crippen molar-refractivity contribution in [1.82, 2.24) is 9.78 Å². The average molecular weight is 276 g/mol. The van der Waals surface area contributed by atoms with Gasteiger partial charge in [-0.05, 0) is 37.3 Å². The molecule has 0 atom stereocenters. The van der Waals surface area contributed by atoms with E-state index in [-0.39, 0.29) is 5.56 Å². The molecule has 0 fully saturated rings. The van der Waals surface area contributed by atoms with Gasteiger partial charge in [-0.3, -0.25) is 4.79 Å². The fourth-order valence-corrected chi connectivity index (χ4v) is 2.47. The summed E-state index contributed by atoms with van der Waals surface area (Å²) < 4.78 is 7.13. The maximum atomic E-state index is 12.5. The second kappa shape index (κ2) is 4.31. The first kappa shape index (κ1) is 11.9. The van der Waals surface area contributed by atoms with Gasteiger partial charge < -0.3 is 4.42 Å². The molecule has 0 aliphatic carbocycles. The monoisotopic (exact) mass is 276 g/mol. The largest absolute Gasteiger partial charge is 0.436 e. The summed E-state index contributed by atoms with van der Waals surface area (Å²) >= 11 is 0. The molecular formula is C17H12N2O2. The summed E-state index contributed by atoms with van der Waals surface area (Å²) in [6, 6.07) is 17.1. The average Bonchev–Trinajstić information content (AvgIpc) is 2.83. The minimum atomic E-state index is -0.164. The van der Waals surface area contributed by atoms with Crippen LogP contribution in [0.4, 0.5) is 0 Å². The highest BCUT2D eigenvalue weighted by molar-refractivity contribution is 5.82. The molecule has 2 aliphatic heterocycles. The zero-order valence-corrected chi connectivity index (χ0v) is 11.4. The fourth-order valence-electron chi connectivity index (χ4n) is 2.47. The van der Waals surface area contributed by atoms with Crippen LogP contribution in [0, 0.1) is 6.92 Å². The molecule has 2 heterocycles. The number of hydrogen-bond donors (Lipinski definition) is 0. The van der Waals surface area contributed by atoms with Gasteiger partial charge in [0.1, 0.15) is 11.1 Å². The predicted octanol–water partition coefficient (Wildman–Crippen LogP) is 3.39. The Morgan fingerprint density at radius 2 is 1.86 bits per heavy atom. The van der Waals surface area contributed by atoms with Crippen LogP contribution in [0.3, 0.4) is 0 Å². The van der Waals surface area contributed by atoms with Crippen LogP contribution in [-0.4, -0.2) is 9.78 Å². The van der Waals surface area contributed by atoms with Crippen LogP contribution in [0.15, 0.2) is 63.8 Å². The quantitative estimate of drug-likeness (QED) is 0.535. The molecule has 0 N–H and O–H groups in total. The predicted molar refractivity (Wildman–Crippen MR) is 81.0 cm³/mol. The molecular weight excluding hydrogens is 264 g/mol. The lowest BCUT2D eigenvalue weighted by atomic mass is 10.1. The van der Waals surface area contributed by atoms with Crippen LogP contribution in [0.1, 0.15) is 5.56 Å². The highest BCUT2D eigenvalue weighted by Gasteiger charge is 2.19. The number of rotatable bonds is 1. The maximum Gasteiger partial charge on any atom is 0.284 e. The van der Waals surface area contributed by atoms with Crippen molar-refractivity contribution in [2.24, 2.45) is 0 Å². The van der Waals surface area contributed by atoms with E-state index in [4.69, 9.17) is 4.42 Å². The van der Waals surface area contributed by atoms with Gasteiger partial charge >= 0.3 is 0 Å². The van der Waals surface area contributed by atoms with E-state index >= 15 is 0 Å². The normalized spacial score (nSPS) is 11.3. The third-order valence-electron chi connectivity index (χ3n) is 3.52. The lowest BCUT2D eigenvalue weighted by Gasteiger charge is -2.00. The summed E-state index contributed by atoms with van der Waals surface area (Å²) in [6.45, 7) is 2.01. The van der Waals surface area contributed by atoms with Crippen molar-refractivity contribution >= 4 is 11.0 Å². The van der Waals surface area contributed by atoms with E-state index in [0.717, 1.165) is 22.2 Å². The van der Waals surface area contributed by atoms with E-state index in [9.17, 15) is 4.79 Å². The molecule has 0 saturated carbocycles. The van der Waals surface area contributed by atoms with Gasteiger partial charge in [-0.1, -0.05) is 29.8 Å². The first-order valence-electron chi connectivity index (χ1n) is 6.71. The number of benzene rings is 2. The Bertz CT molecular complexity index is 967. The Kier molecular flexibility index (Phi) is 2.44. The standard InChI is InChI=1S/C17H12N2O2/c1-11-7-8-15-12(9-11)10-14-16(21-15)18-19(17(14)20)13-5-3-2-4-6-13/h2-10H,1H3. The smallest absolute Gasteiger partial charge is 0.284 e. The van der Waals surface area contributed by atoms with Gasteiger partial charge in [-0.2, -0.15) is 4.68 Å². The van der Waals surface area contributed by atoms with E-state index in [1.54, 1.807) is 0 Å². The molecule has 4 nitrogen and oxygen atoms in total. The first-order valence-corrected chi connectivity index (χ1v) is 6.71. The number of fused-ring (bicyclic) bond motifs is 2. The van der Waals surface area contributed by atoms with E-state index in [1.807, 2.05) is 61.5 Å². The van der Waals surface area contributed by atoms with Gasteiger partial charge in [0.25, 0.3) is 5.56 Å². The molecule has 21 heavy (non-hydrogen) atoms. The highest BCUT2D eigenvalue weighted by atomic mass is 16.3. The van der Waals surface area contributed by atoms with Crippen molar-refractivity contribution in [2.75, 3.05) is 0 Å². The molecule has 0 spiro atoms. The molecule has 4 rings (SSSR count). The summed E-state index contributed by atoms with van der Waals surface area (Å²) in [5, 5.41) is 5.20. The lowest BCUT2D eigenvalue weighted by molar-refractivity contribution is 0.591. The molecule has 2 aromatic carbocycles. The van der Waals surface area contributed by atoms with E-state index in [2.05, 4.69) is 5.10 Å². The minimum Gasteiger partial charge on any atom is -0.436 e. The molecule has 102 valence electrons. The van der Waals surface area contributed by atoms with Gasteiger partial charge in [-0.15, -0.1) is 5.10 Å². The van der Waals surface area contributed by atoms with Crippen LogP contribution in [0.25, 0.3) is 28.1 Å². The van der Waals surface area contributed by atoms with Crippen LogP contribution in [0.5, 0.6) is 0 Å². The zero-order valence-electron chi connectivity index (χ0n) is 11.4. The Hall–Kier alpha value is -2.88. The third-order valence-corrected chi connectivity index (χ3v) is 3.52. The number of para-hydroxylation sites is 1. The summed E-state index contributed by atoms with van der Waals surface area (Å²) in [5.74, 6) is 0.361. The fraction of sp³-hybridized carbons (Fsp3) is 0.0588. The topological polar surface area (TPSA) is 48.0 Å². The van der Waals surface area contributed by atoms with Gasteiger partial charge in [-0.25, -0.2) is 0 Å². The Morgan fingerprint density at radius 1 is 1.05 bits per heavy atom. The van der Waals surface area contributed by atoms with Crippen LogP contribution in [0.2, 0.25) is 0 Å². The maximum absolute atomic E-state index is 12.5. The molecule has 4 heteroatoms. The lowest BCUT2D eigenvalue weighted by Crippen LogP contribution is -2.14. The summed E-state index contributed by atoms with van der Waals surface area (Å²) in [4.78, 5) is 12.5. The first-order chi connectivity index (χ1) is 10.2. The van der Waals surface area contributed by atoms with E-state index in [1.165, 1.54) is 4.68 Å². The van der Waals surface area contributed by atoms with E-state index in [0.29, 0.717) is 11.5 Å². The number of hydrogen-bond acceptors (Lipinski definition) is 3. The van der Waals surface area contributed by atoms with E-state index < -0.39 is 0 Å². The van der Waals surface area contributed by atoms with Crippen molar-refractivity contribution in [3.63, 3.8) is 0 Å². The number of nitrogens with zero attached hydrogens (tertiary/aromatic N) is 2. The second-order valence-electron chi connectivity index (χ2n) is 5.06. The Morgan fingerprint density at radius 3 is 2.67 bits per heavy atom. The molecule has 0 saturated heterocycles. The van der Waals surface area contributed by atoms with Gasteiger partial charge in [0.05, 0.1) is 5.69 Å². The molecule has 2 aliphatic rings. The van der Waals surface area contributed by atoms with Gasteiger partial charge in [0.15, 0.2) is 0 Å². The minimum absolute atomic E-state index is 0.164. The van der Waals surface area contributed by atoms with Crippen molar-refractivity contribution in [3.05, 3.63) is 70.5 Å². The van der Waals surface area contributed by atoms with Crippen molar-refractivity contribution in [2.45, 2.75) is 6.92 Å². The number of aryl methyl sites for hydroxylation is 1. The Balaban J connectivity index is 2.05.